The average molecular weight is 382 g/mol. The molecule has 28 heavy (non-hydrogen) atoms. The van der Waals surface area contributed by atoms with Crippen LogP contribution in [0.3, 0.4) is 0 Å². The number of likely N-dealkylation sites (N-methyl/N-ethyl adjacent to an activating group) is 1. The summed E-state index contributed by atoms with van der Waals surface area (Å²) in [6, 6.07) is 18.7. The van der Waals surface area contributed by atoms with E-state index in [2.05, 4.69) is 41.7 Å². The number of hydrogen-bond donors (Lipinski definition) is 3. The monoisotopic (exact) mass is 382 g/mol. The molecule has 0 aromatic heterocycles. The zero-order chi connectivity index (χ0) is 20.1. The number of piperidine rings is 1. The molecule has 0 aliphatic carbocycles. The summed E-state index contributed by atoms with van der Waals surface area (Å²) in [5.74, 6) is -1.03. The fraction of sp³-hybridized carbons (Fsp3) is 0.364. The van der Waals surface area contributed by atoms with Gasteiger partial charge in [-0.05, 0) is 35.4 Å². The van der Waals surface area contributed by atoms with Crippen LogP contribution in [0.4, 0.5) is 0 Å². The highest BCUT2D eigenvalue weighted by molar-refractivity contribution is 5.90. The van der Waals surface area contributed by atoms with Gasteiger partial charge >= 0.3 is 0 Å². The van der Waals surface area contributed by atoms with Crippen molar-refractivity contribution in [1.82, 2.24) is 10.2 Å². The number of carbonyl (C=O) groups is 2. The summed E-state index contributed by atoms with van der Waals surface area (Å²) >= 11 is 0. The number of hydrogen-bond acceptors (Lipinski definition) is 4. The van der Waals surface area contributed by atoms with Crippen LogP contribution in [-0.2, 0) is 9.59 Å². The number of rotatable bonds is 5. The van der Waals surface area contributed by atoms with E-state index >= 15 is 0 Å². The molecule has 3 rings (SSSR count). The van der Waals surface area contributed by atoms with Crippen LogP contribution < -0.4 is 5.32 Å². The quantitative estimate of drug-likeness (QED) is 0.732. The molecule has 2 aromatic carbocycles. The fourth-order valence-corrected chi connectivity index (χ4v) is 3.62. The maximum atomic E-state index is 12.3. The van der Waals surface area contributed by atoms with Crippen molar-refractivity contribution in [3.05, 3.63) is 60.2 Å². The largest absolute Gasteiger partial charge is 0.380 e. The summed E-state index contributed by atoms with van der Waals surface area (Å²) in [5, 5.41) is 21.9. The zero-order valence-corrected chi connectivity index (χ0v) is 15.9. The Morgan fingerprint density at radius 2 is 1.50 bits per heavy atom. The summed E-state index contributed by atoms with van der Waals surface area (Å²) in [6.07, 6.45) is -1.93. The maximum Gasteiger partial charge on any atom is 0.254 e. The SMILES string of the molecule is CNC(=O)C(O)C(O)C(=O)N1CCC(c2ccc(-c3ccccc3)cc2)CC1. The second-order valence-corrected chi connectivity index (χ2v) is 7.09. The lowest BCUT2D eigenvalue weighted by Gasteiger charge is -2.34. The lowest BCUT2D eigenvalue weighted by Crippen LogP contribution is -2.51. The van der Waals surface area contributed by atoms with E-state index in [-0.39, 0.29) is 0 Å². The van der Waals surface area contributed by atoms with Crippen LogP contribution in [0.1, 0.15) is 24.3 Å². The Balaban J connectivity index is 1.58. The van der Waals surface area contributed by atoms with Gasteiger partial charge in [-0.25, -0.2) is 0 Å². The van der Waals surface area contributed by atoms with E-state index in [0.29, 0.717) is 19.0 Å². The molecular weight excluding hydrogens is 356 g/mol. The summed E-state index contributed by atoms with van der Waals surface area (Å²) < 4.78 is 0. The normalized spacial score (nSPS) is 17.0. The molecule has 1 aliphatic rings. The number of nitrogens with zero attached hydrogens (tertiary/aromatic N) is 1. The van der Waals surface area contributed by atoms with Gasteiger partial charge in [-0.3, -0.25) is 9.59 Å². The van der Waals surface area contributed by atoms with Gasteiger partial charge in [0.05, 0.1) is 0 Å². The molecule has 6 nitrogen and oxygen atoms in total. The summed E-state index contributed by atoms with van der Waals surface area (Å²) in [4.78, 5) is 25.3. The number of likely N-dealkylation sites (tertiary alicyclic amines) is 1. The molecule has 148 valence electrons. The van der Waals surface area contributed by atoms with Gasteiger partial charge in [0.2, 0.25) is 0 Å². The van der Waals surface area contributed by atoms with Gasteiger partial charge in [0, 0.05) is 20.1 Å². The average Bonchev–Trinajstić information content (AvgIpc) is 2.78. The van der Waals surface area contributed by atoms with E-state index in [1.54, 1.807) is 0 Å². The first-order valence-corrected chi connectivity index (χ1v) is 9.53. The highest BCUT2D eigenvalue weighted by atomic mass is 16.3. The molecule has 1 aliphatic heterocycles. The molecule has 0 bridgehead atoms. The van der Waals surface area contributed by atoms with Crippen molar-refractivity contribution < 1.29 is 19.8 Å². The molecule has 2 amide bonds. The van der Waals surface area contributed by atoms with Crippen LogP contribution >= 0.6 is 0 Å². The lowest BCUT2D eigenvalue weighted by molar-refractivity contribution is -0.153. The van der Waals surface area contributed by atoms with Gasteiger partial charge < -0.3 is 20.4 Å². The van der Waals surface area contributed by atoms with Crippen LogP contribution in [-0.4, -0.2) is 59.3 Å². The molecule has 3 N–H and O–H groups in total. The third kappa shape index (κ3) is 4.40. The topological polar surface area (TPSA) is 89.9 Å². The molecule has 6 heteroatoms. The Morgan fingerprint density at radius 3 is 2.07 bits per heavy atom. The van der Waals surface area contributed by atoms with E-state index in [9.17, 15) is 19.8 Å². The number of carbonyl (C=O) groups excluding carboxylic acids is 2. The Hall–Kier alpha value is -2.70. The Kier molecular flexibility index (Phi) is 6.44. The fourth-order valence-electron chi connectivity index (χ4n) is 3.62. The third-order valence-electron chi connectivity index (χ3n) is 5.36. The standard InChI is InChI=1S/C22H26N2O4/c1-23-21(27)19(25)20(26)22(28)24-13-11-18(12-14-24)17-9-7-16(8-10-17)15-5-3-2-4-6-15/h2-10,18-20,25-26H,11-14H2,1H3,(H,23,27). The molecule has 2 aromatic rings. The molecule has 1 fully saturated rings. The van der Waals surface area contributed by atoms with Crippen molar-refractivity contribution in [1.29, 1.82) is 0 Å². The second kappa shape index (κ2) is 8.99. The minimum Gasteiger partial charge on any atom is -0.380 e. The van der Waals surface area contributed by atoms with Gasteiger partial charge in [0.25, 0.3) is 11.8 Å². The molecule has 0 radical (unpaired) electrons. The predicted octanol–water partition coefficient (Wildman–Crippen LogP) is 1.53. The predicted molar refractivity (Wildman–Crippen MR) is 107 cm³/mol. The Morgan fingerprint density at radius 1 is 0.929 bits per heavy atom. The number of nitrogens with one attached hydrogen (secondary N) is 1. The summed E-state index contributed by atoms with van der Waals surface area (Å²) in [6.45, 7) is 0.975. The van der Waals surface area contributed by atoms with Gasteiger partial charge in [-0.1, -0.05) is 54.6 Å². The van der Waals surface area contributed by atoms with Gasteiger partial charge in [-0.2, -0.15) is 0 Å². The maximum absolute atomic E-state index is 12.3. The van der Waals surface area contributed by atoms with Crippen molar-refractivity contribution in [2.24, 2.45) is 0 Å². The zero-order valence-electron chi connectivity index (χ0n) is 15.9. The lowest BCUT2D eigenvalue weighted by atomic mass is 9.88. The summed E-state index contributed by atoms with van der Waals surface area (Å²) in [7, 11) is 1.34. The number of benzene rings is 2. The van der Waals surface area contributed by atoms with E-state index < -0.39 is 24.0 Å². The Bertz CT molecular complexity index is 799. The van der Waals surface area contributed by atoms with Crippen molar-refractivity contribution in [3.8, 4) is 11.1 Å². The third-order valence-corrected chi connectivity index (χ3v) is 5.36. The van der Waals surface area contributed by atoms with Crippen LogP contribution in [0.2, 0.25) is 0 Å². The van der Waals surface area contributed by atoms with Crippen molar-refractivity contribution in [2.45, 2.75) is 31.0 Å². The van der Waals surface area contributed by atoms with E-state index in [1.807, 2.05) is 18.2 Å². The minimum absolute atomic E-state index is 0.342. The molecule has 1 heterocycles. The van der Waals surface area contributed by atoms with Crippen molar-refractivity contribution >= 4 is 11.8 Å². The first kappa shape index (κ1) is 20.0. The molecule has 2 unspecified atom stereocenters. The highest BCUT2D eigenvalue weighted by Crippen LogP contribution is 2.30. The second-order valence-electron chi connectivity index (χ2n) is 7.09. The number of aliphatic hydroxyl groups excluding tert-OH is 2. The molecule has 0 spiro atoms. The van der Waals surface area contributed by atoms with E-state index in [4.69, 9.17) is 0 Å². The summed E-state index contributed by atoms with van der Waals surface area (Å²) in [5.41, 5.74) is 3.58. The van der Waals surface area contributed by atoms with Crippen LogP contribution in [0.25, 0.3) is 11.1 Å². The van der Waals surface area contributed by atoms with Gasteiger partial charge in [-0.15, -0.1) is 0 Å². The number of aliphatic hydroxyl groups is 2. The van der Waals surface area contributed by atoms with Gasteiger partial charge in [0.15, 0.2) is 12.2 Å². The minimum atomic E-state index is -1.75. The Labute approximate surface area is 164 Å². The van der Waals surface area contributed by atoms with E-state index in [1.165, 1.54) is 28.6 Å². The number of amides is 2. The van der Waals surface area contributed by atoms with E-state index in [0.717, 1.165) is 12.8 Å². The molecule has 2 atom stereocenters. The smallest absolute Gasteiger partial charge is 0.254 e. The molecular formula is C22H26N2O4. The van der Waals surface area contributed by atoms with Gasteiger partial charge in [0.1, 0.15) is 0 Å². The molecule has 0 saturated carbocycles. The van der Waals surface area contributed by atoms with Crippen LogP contribution in [0, 0.1) is 0 Å². The highest BCUT2D eigenvalue weighted by Gasteiger charge is 2.34. The van der Waals surface area contributed by atoms with Crippen molar-refractivity contribution in [3.63, 3.8) is 0 Å². The van der Waals surface area contributed by atoms with Crippen LogP contribution in [0.5, 0.6) is 0 Å². The van der Waals surface area contributed by atoms with Crippen molar-refractivity contribution in [2.75, 3.05) is 20.1 Å². The molecule has 1 saturated heterocycles. The van der Waals surface area contributed by atoms with Crippen LogP contribution in [0.15, 0.2) is 54.6 Å². The first-order chi connectivity index (χ1) is 13.5. The first-order valence-electron chi connectivity index (χ1n) is 9.53.